The van der Waals surface area contributed by atoms with Gasteiger partial charge in [0, 0.05) is 11.8 Å². The maximum absolute atomic E-state index is 12.5. The topological polar surface area (TPSA) is 79.9 Å². The van der Waals surface area contributed by atoms with Crippen molar-refractivity contribution in [3.63, 3.8) is 0 Å². The quantitative estimate of drug-likeness (QED) is 0.794. The first kappa shape index (κ1) is 19.0. The summed E-state index contributed by atoms with van der Waals surface area (Å²) < 4.78 is 10.5. The van der Waals surface area contributed by atoms with Crippen molar-refractivity contribution in [2.75, 3.05) is 31.0 Å². The summed E-state index contributed by atoms with van der Waals surface area (Å²) in [6.45, 7) is 1.94. The van der Waals surface area contributed by atoms with Gasteiger partial charge in [0.2, 0.25) is 18.6 Å². The summed E-state index contributed by atoms with van der Waals surface area (Å²) in [5.74, 6) is 0.748. The predicted octanol–water partition coefficient (Wildman–Crippen LogP) is 2.97. The third kappa shape index (κ3) is 4.69. The minimum atomic E-state index is -0.521. The van der Waals surface area contributed by atoms with E-state index in [-0.39, 0.29) is 25.2 Å². The lowest BCUT2D eigenvalue weighted by Crippen LogP contribution is -2.43. The molecule has 8 heteroatoms. The fraction of sp³-hybridized carbons (Fsp3) is 0.263. The van der Waals surface area contributed by atoms with Gasteiger partial charge in [-0.3, -0.25) is 14.5 Å². The van der Waals surface area contributed by atoms with Crippen molar-refractivity contribution in [3.8, 4) is 11.5 Å². The number of benzene rings is 2. The SMILES string of the molecule is C[C@@H](C(=O)Nc1ccc2c(c1)OCO2)N(C)CC(=O)Nc1ccccc1Cl. The molecule has 7 nitrogen and oxygen atoms in total. The second kappa shape index (κ2) is 8.28. The van der Waals surface area contributed by atoms with Crippen molar-refractivity contribution in [3.05, 3.63) is 47.5 Å². The molecule has 1 atom stereocenters. The van der Waals surface area contributed by atoms with Crippen molar-refractivity contribution >= 4 is 34.8 Å². The molecule has 0 radical (unpaired) electrons. The minimum absolute atomic E-state index is 0.0426. The Morgan fingerprint density at radius 1 is 1.15 bits per heavy atom. The molecule has 0 aliphatic carbocycles. The van der Waals surface area contributed by atoms with Gasteiger partial charge < -0.3 is 20.1 Å². The zero-order chi connectivity index (χ0) is 19.4. The van der Waals surface area contributed by atoms with Crippen LogP contribution in [0.1, 0.15) is 6.92 Å². The Balaban J connectivity index is 1.54. The molecule has 27 heavy (non-hydrogen) atoms. The lowest BCUT2D eigenvalue weighted by Gasteiger charge is -2.23. The predicted molar refractivity (Wildman–Crippen MR) is 103 cm³/mol. The van der Waals surface area contributed by atoms with Gasteiger partial charge in [0.05, 0.1) is 23.3 Å². The second-order valence-electron chi connectivity index (χ2n) is 6.18. The maximum Gasteiger partial charge on any atom is 0.241 e. The van der Waals surface area contributed by atoms with Crippen LogP contribution in [0.2, 0.25) is 5.02 Å². The van der Waals surface area contributed by atoms with Crippen LogP contribution in [0.15, 0.2) is 42.5 Å². The number of hydrogen-bond donors (Lipinski definition) is 2. The van der Waals surface area contributed by atoms with Crippen LogP contribution >= 0.6 is 11.6 Å². The van der Waals surface area contributed by atoms with Gasteiger partial charge in [-0.05, 0) is 38.2 Å². The smallest absolute Gasteiger partial charge is 0.241 e. The standard InChI is InChI=1S/C19H20ClN3O4/c1-12(19(25)21-13-7-8-16-17(9-13)27-11-26-16)23(2)10-18(24)22-15-6-4-3-5-14(15)20/h3-9,12H,10-11H2,1-2H3,(H,21,25)(H,22,24)/t12-/m0/s1. The summed E-state index contributed by atoms with van der Waals surface area (Å²) >= 11 is 6.04. The van der Waals surface area contributed by atoms with Gasteiger partial charge in [0.15, 0.2) is 11.5 Å². The number of anilines is 2. The molecule has 1 aliphatic heterocycles. The van der Waals surface area contributed by atoms with E-state index in [0.29, 0.717) is 27.9 Å². The molecule has 0 saturated carbocycles. The number of nitrogens with zero attached hydrogens (tertiary/aromatic N) is 1. The molecule has 0 fully saturated rings. The van der Waals surface area contributed by atoms with Crippen LogP contribution in [0.5, 0.6) is 11.5 Å². The van der Waals surface area contributed by atoms with Crippen LogP contribution in [0, 0.1) is 0 Å². The molecule has 0 spiro atoms. The van der Waals surface area contributed by atoms with Gasteiger partial charge >= 0.3 is 0 Å². The van der Waals surface area contributed by atoms with Crippen molar-refractivity contribution in [1.82, 2.24) is 4.90 Å². The number of fused-ring (bicyclic) bond motifs is 1. The van der Waals surface area contributed by atoms with E-state index in [1.807, 2.05) is 0 Å². The molecule has 0 bridgehead atoms. The van der Waals surface area contributed by atoms with Crippen LogP contribution in [0.25, 0.3) is 0 Å². The maximum atomic E-state index is 12.5. The zero-order valence-electron chi connectivity index (χ0n) is 15.0. The zero-order valence-corrected chi connectivity index (χ0v) is 15.7. The molecule has 3 rings (SSSR count). The Hall–Kier alpha value is -2.77. The molecule has 2 N–H and O–H groups in total. The lowest BCUT2D eigenvalue weighted by molar-refractivity contribution is -0.122. The summed E-state index contributed by atoms with van der Waals surface area (Å²) in [7, 11) is 1.70. The molecular formula is C19H20ClN3O4. The Morgan fingerprint density at radius 2 is 1.89 bits per heavy atom. The van der Waals surface area contributed by atoms with Crippen molar-refractivity contribution < 1.29 is 19.1 Å². The van der Waals surface area contributed by atoms with Gasteiger partial charge in [0.25, 0.3) is 0 Å². The van der Waals surface area contributed by atoms with Crippen LogP contribution < -0.4 is 20.1 Å². The van der Waals surface area contributed by atoms with E-state index in [0.717, 1.165) is 0 Å². The second-order valence-corrected chi connectivity index (χ2v) is 6.58. The van der Waals surface area contributed by atoms with Crippen molar-refractivity contribution in [2.24, 2.45) is 0 Å². The first-order valence-corrected chi connectivity index (χ1v) is 8.77. The number of carbonyl (C=O) groups is 2. The Bertz CT molecular complexity index is 859. The molecular weight excluding hydrogens is 370 g/mol. The third-order valence-electron chi connectivity index (χ3n) is 4.22. The van der Waals surface area contributed by atoms with E-state index in [1.54, 1.807) is 61.3 Å². The van der Waals surface area contributed by atoms with Gasteiger partial charge in [-0.15, -0.1) is 0 Å². The first-order chi connectivity index (χ1) is 12.9. The molecule has 0 unspecified atom stereocenters. The number of amides is 2. The summed E-state index contributed by atoms with van der Waals surface area (Å²) in [4.78, 5) is 26.3. The van der Waals surface area contributed by atoms with Gasteiger partial charge in [-0.2, -0.15) is 0 Å². The van der Waals surface area contributed by atoms with Gasteiger partial charge in [0.1, 0.15) is 0 Å². The van der Waals surface area contributed by atoms with E-state index in [9.17, 15) is 9.59 Å². The molecule has 2 aromatic rings. The normalized spacial score (nSPS) is 13.3. The van der Waals surface area contributed by atoms with E-state index < -0.39 is 6.04 Å². The molecule has 0 aromatic heterocycles. The highest BCUT2D eigenvalue weighted by Crippen LogP contribution is 2.34. The van der Waals surface area contributed by atoms with Gasteiger partial charge in [-0.1, -0.05) is 23.7 Å². The number of likely N-dealkylation sites (N-methyl/N-ethyl adjacent to an activating group) is 1. The average Bonchev–Trinajstić information content (AvgIpc) is 3.10. The van der Waals surface area contributed by atoms with Crippen molar-refractivity contribution in [2.45, 2.75) is 13.0 Å². The highest BCUT2D eigenvalue weighted by atomic mass is 35.5. The van der Waals surface area contributed by atoms with E-state index in [2.05, 4.69) is 10.6 Å². The molecule has 1 heterocycles. The number of nitrogens with one attached hydrogen (secondary N) is 2. The average molecular weight is 390 g/mol. The number of para-hydroxylation sites is 1. The highest BCUT2D eigenvalue weighted by Gasteiger charge is 2.21. The number of hydrogen-bond acceptors (Lipinski definition) is 5. The highest BCUT2D eigenvalue weighted by molar-refractivity contribution is 6.33. The minimum Gasteiger partial charge on any atom is -0.454 e. The Morgan fingerprint density at radius 3 is 2.67 bits per heavy atom. The van der Waals surface area contributed by atoms with Crippen LogP contribution in [-0.4, -0.2) is 43.1 Å². The van der Waals surface area contributed by atoms with Crippen molar-refractivity contribution in [1.29, 1.82) is 0 Å². The van der Waals surface area contributed by atoms with Gasteiger partial charge in [-0.25, -0.2) is 0 Å². The fourth-order valence-electron chi connectivity index (χ4n) is 2.54. The number of halogens is 1. The monoisotopic (exact) mass is 389 g/mol. The van der Waals surface area contributed by atoms with Crippen LogP contribution in [0.3, 0.4) is 0 Å². The largest absolute Gasteiger partial charge is 0.454 e. The first-order valence-electron chi connectivity index (χ1n) is 8.39. The number of carbonyl (C=O) groups excluding carboxylic acids is 2. The van der Waals surface area contributed by atoms with E-state index in [1.165, 1.54) is 0 Å². The van der Waals surface area contributed by atoms with E-state index >= 15 is 0 Å². The molecule has 142 valence electrons. The summed E-state index contributed by atoms with van der Waals surface area (Å²) in [5, 5.41) is 6.01. The molecule has 2 amide bonds. The van der Waals surface area contributed by atoms with Crippen LogP contribution in [-0.2, 0) is 9.59 Å². The molecule has 2 aromatic carbocycles. The Kier molecular flexibility index (Phi) is 5.83. The lowest BCUT2D eigenvalue weighted by atomic mass is 10.2. The number of ether oxygens (including phenoxy) is 2. The summed E-state index contributed by atoms with van der Waals surface area (Å²) in [5.41, 5.74) is 1.14. The van der Waals surface area contributed by atoms with Crippen LogP contribution in [0.4, 0.5) is 11.4 Å². The molecule has 1 aliphatic rings. The summed E-state index contributed by atoms with van der Waals surface area (Å²) in [6.07, 6.45) is 0. The fourth-order valence-corrected chi connectivity index (χ4v) is 2.72. The van der Waals surface area contributed by atoms with E-state index in [4.69, 9.17) is 21.1 Å². The third-order valence-corrected chi connectivity index (χ3v) is 4.55. The molecule has 0 saturated heterocycles. The summed E-state index contributed by atoms with van der Waals surface area (Å²) in [6, 6.07) is 11.6. The number of rotatable bonds is 6. The Labute approximate surface area is 162 Å².